The highest BCUT2D eigenvalue weighted by Gasteiger charge is 2.28. The van der Waals surface area contributed by atoms with E-state index in [4.69, 9.17) is 9.84 Å². The van der Waals surface area contributed by atoms with E-state index in [2.05, 4.69) is 21.6 Å². The maximum absolute atomic E-state index is 13.9. The zero-order valence-corrected chi connectivity index (χ0v) is 21.2. The highest BCUT2D eigenvalue weighted by atomic mass is 19.3. The summed E-state index contributed by atoms with van der Waals surface area (Å²) in [5, 5.41) is 25.3. The molecule has 4 aromatic rings. The molecular formula is C27H25F3N6O4. The largest absolute Gasteiger partial charge is 0.489 e. The molecule has 0 spiro atoms. The van der Waals surface area contributed by atoms with Gasteiger partial charge in [0.2, 0.25) is 5.91 Å². The van der Waals surface area contributed by atoms with Crippen molar-refractivity contribution in [2.45, 2.75) is 31.5 Å². The lowest BCUT2D eigenvalue weighted by atomic mass is 10.1. The van der Waals surface area contributed by atoms with Crippen LogP contribution in [0.15, 0.2) is 53.8 Å². The third-order valence-corrected chi connectivity index (χ3v) is 5.94. The molecule has 0 saturated carbocycles. The third-order valence-electron chi connectivity index (χ3n) is 5.94. The molecule has 0 fully saturated rings. The van der Waals surface area contributed by atoms with Gasteiger partial charge in [-0.15, -0.1) is 6.58 Å². The highest BCUT2D eigenvalue weighted by Crippen LogP contribution is 2.26. The van der Waals surface area contributed by atoms with Crippen LogP contribution in [0.4, 0.5) is 13.2 Å². The number of carbonyl (C=O) groups is 1. The van der Waals surface area contributed by atoms with Gasteiger partial charge in [0.1, 0.15) is 43.6 Å². The molecule has 0 radical (unpaired) electrons. The minimum atomic E-state index is -3.50. The summed E-state index contributed by atoms with van der Waals surface area (Å²) in [6, 6.07) is 11.7. The molecule has 208 valence electrons. The standard InChI is InChI=1S/C27H25F3N6O4/c1-2-5-17(28)13-40-23-9-22-21(8-16(23)11-31)33-24(34-22)10-20-18-6-3-4-7-19(18)26(39)36(35-20)12-25(38)32-14-27(29,30)15-37/h2-4,6-9,17,37H,1,5,10,12-15H2,(H,32,38)(H,33,34). The van der Waals surface area contributed by atoms with E-state index >= 15 is 0 Å². The average Bonchev–Trinajstić information content (AvgIpc) is 3.34. The Morgan fingerprint density at radius 3 is 2.77 bits per heavy atom. The number of nitrogens with one attached hydrogen (secondary N) is 2. The van der Waals surface area contributed by atoms with E-state index in [0.717, 1.165) is 4.68 Å². The van der Waals surface area contributed by atoms with Crippen LogP contribution < -0.4 is 15.6 Å². The molecule has 4 rings (SSSR count). The number of benzene rings is 2. The van der Waals surface area contributed by atoms with Crippen LogP contribution in [0.3, 0.4) is 0 Å². The van der Waals surface area contributed by atoms with E-state index in [0.29, 0.717) is 27.9 Å². The maximum atomic E-state index is 13.9. The quantitative estimate of drug-likeness (QED) is 0.228. The molecule has 2 aromatic carbocycles. The lowest BCUT2D eigenvalue weighted by Crippen LogP contribution is -2.41. The SMILES string of the molecule is C=CCC(F)COc1cc2nc(Cc3nn(CC(=O)NCC(F)(F)CO)c(=O)c4ccccc34)[nH]c2cc1C#N. The van der Waals surface area contributed by atoms with Crippen molar-refractivity contribution in [3.8, 4) is 11.8 Å². The van der Waals surface area contributed by atoms with Gasteiger partial charge in [-0.3, -0.25) is 9.59 Å². The summed E-state index contributed by atoms with van der Waals surface area (Å²) in [4.78, 5) is 32.8. The number of nitriles is 1. The number of carbonyl (C=O) groups excluding carboxylic acids is 1. The van der Waals surface area contributed by atoms with Crippen LogP contribution in [0.1, 0.15) is 23.5 Å². The molecule has 0 aliphatic rings. The smallest absolute Gasteiger partial charge is 0.287 e. The maximum Gasteiger partial charge on any atom is 0.287 e. The van der Waals surface area contributed by atoms with E-state index in [1.165, 1.54) is 18.2 Å². The Bertz CT molecular complexity index is 1660. The van der Waals surface area contributed by atoms with Crippen LogP contribution in [-0.2, 0) is 17.8 Å². The van der Waals surface area contributed by atoms with Crippen molar-refractivity contribution in [3.63, 3.8) is 0 Å². The molecule has 0 bridgehead atoms. The predicted octanol–water partition coefficient (Wildman–Crippen LogP) is 2.77. The number of alkyl halides is 3. The predicted molar refractivity (Wildman–Crippen MR) is 140 cm³/mol. The summed E-state index contributed by atoms with van der Waals surface area (Å²) in [7, 11) is 0. The molecule has 1 atom stereocenters. The Balaban J connectivity index is 1.63. The summed E-state index contributed by atoms with van der Waals surface area (Å²) in [6.45, 7) is 0.0901. The first-order valence-electron chi connectivity index (χ1n) is 12.2. The molecule has 0 saturated heterocycles. The van der Waals surface area contributed by atoms with Gasteiger partial charge in [-0.2, -0.15) is 10.4 Å². The Morgan fingerprint density at radius 1 is 1.32 bits per heavy atom. The second-order valence-corrected chi connectivity index (χ2v) is 9.02. The van der Waals surface area contributed by atoms with Crippen LogP contribution >= 0.6 is 0 Å². The number of aliphatic hydroxyl groups excluding tert-OH is 1. The number of aromatic nitrogens is 4. The van der Waals surface area contributed by atoms with Crippen molar-refractivity contribution in [3.05, 3.63) is 76.5 Å². The number of nitrogens with zero attached hydrogens (tertiary/aromatic N) is 4. The Labute approximate surface area is 225 Å². The van der Waals surface area contributed by atoms with Crippen molar-refractivity contribution in [2.24, 2.45) is 0 Å². The van der Waals surface area contributed by atoms with Gasteiger partial charge in [-0.1, -0.05) is 24.3 Å². The monoisotopic (exact) mass is 554 g/mol. The third kappa shape index (κ3) is 6.47. The molecule has 0 aliphatic heterocycles. The zero-order valence-electron chi connectivity index (χ0n) is 21.2. The summed E-state index contributed by atoms with van der Waals surface area (Å²) in [5.41, 5.74) is 0.942. The van der Waals surface area contributed by atoms with Crippen molar-refractivity contribution in [2.75, 3.05) is 19.8 Å². The van der Waals surface area contributed by atoms with Gasteiger partial charge in [-0.25, -0.2) is 22.8 Å². The highest BCUT2D eigenvalue weighted by molar-refractivity contribution is 5.85. The lowest BCUT2D eigenvalue weighted by Gasteiger charge is -2.14. The molecule has 10 nitrogen and oxygen atoms in total. The number of imidazole rings is 1. The second kappa shape index (κ2) is 12.0. The minimum Gasteiger partial charge on any atom is -0.489 e. The van der Waals surface area contributed by atoms with Gasteiger partial charge in [-0.05, 0) is 18.6 Å². The van der Waals surface area contributed by atoms with E-state index in [1.807, 2.05) is 11.4 Å². The van der Waals surface area contributed by atoms with E-state index in [-0.39, 0.29) is 36.1 Å². The lowest BCUT2D eigenvalue weighted by molar-refractivity contribution is -0.124. The van der Waals surface area contributed by atoms with Crippen LogP contribution in [0.25, 0.3) is 21.8 Å². The number of aliphatic hydroxyl groups is 1. The first-order valence-corrected chi connectivity index (χ1v) is 12.2. The number of H-pyrrole nitrogens is 1. The molecule has 1 unspecified atom stereocenters. The van der Waals surface area contributed by atoms with Crippen molar-refractivity contribution < 1.29 is 27.8 Å². The summed E-state index contributed by atoms with van der Waals surface area (Å²) >= 11 is 0. The summed E-state index contributed by atoms with van der Waals surface area (Å²) < 4.78 is 46.9. The molecule has 2 heterocycles. The van der Waals surface area contributed by atoms with Crippen molar-refractivity contribution in [1.82, 2.24) is 25.1 Å². The van der Waals surface area contributed by atoms with Crippen molar-refractivity contribution in [1.29, 1.82) is 5.26 Å². The molecular weight excluding hydrogens is 529 g/mol. The number of fused-ring (bicyclic) bond motifs is 2. The molecule has 40 heavy (non-hydrogen) atoms. The van der Waals surface area contributed by atoms with Gasteiger partial charge in [0, 0.05) is 11.5 Å². The van der Waals surface area contributed by atoms with Crippen molar-refractivity contribution >= 4 is 27.7 Å². The van der Waals surface area contributed by atoms with Crippen LogP contribution in [-0.4, -0.2) is 62.6 Å². The number of aromatic amines is 1. The number of allylic oxidation sites excluding steroid dienone is 1. The average molecular weight is 555 g/mol. The number of hydrogen-bond acceptors (Lipinski definition) is 7. The van der Waals surface area contributed by atoms with Crippen LogP contribution in [0, 0.1) is 11.3 Å². The zero-order chi connectivity index (χ0) is 28.9. The molecule has 13 heteroatoms. The molecule has 0 aliphatic carbocycles. The first kappa shape index (κ1) is 28.3. The summed E-state index contributed by atoms with van der Waals surface area (Å²) in [5.74, 6) is -3.79. The number of rotatable bonds is 12. The minimum absolute atomic E-state index is 0.0869. The van der Waals surface area contributed by atoms with Crippen LogP contribution in [0.2, 0.25) is 0 Å². The molecule has 2 aromatic heterocycles. The van der Waals surface area contributed by atoms with Crippen LogP contribution in [0.5, 0.6) is 5.75 Å². The Kier molecular flexibility index (Phi) is 8.49. The van der Waals surface area contributed by atoms with E-state index in [9.17, 15) is 28.0 Å². The Hall–Kier alpha value is -4.70. The number of ether oxygens (including phenoxy) is 1. The summed E-state index contributed by atoms with van der Waals surface area (Å²) in [6.07, 6.45) is 0.351. The number of amides is 1. The van der Waals surface area contributed by atoms with Gasteiger partial charge in [0.25, 0.3) is 11.5 Å². The van der Waals surface area contributed by atoms with Gasteiger partial charge >= 0.3 is 0 Å². The second-order valence-electron chi connectivity index (χ2n) is 9.02. The normalized spacial score (nSPS) is 12.3. The fourth-order valence-electron chi connectivity index (χ4n) is 3.99. The fourth-order valence-corrected chi connectivity index (χ4v) is 3.99. The van der Waals surface area contributed by atoms with E-state index < -0.39 is 43.3 Å². The van der Waals surface area contributed by atoms with Gasteiger partial charge in [0.15, 0.2) is 0 Å². The van der Waals surface area contributed by atoms with Gasteiger partial charge in [0.05, 0.1) is 40.6 Å². The molecule has 3 N–H and O–H groups in total. The van der Waals surface area contributed by atoms with E-state index in [1.54, 1.807) is 24.3 Å². The topological polar surface area (TPSA) is 146 Å². The Morgan fingerprint density at radius 2 is 2.08 bits per heavy atom. The fraction of sp³-hybridized carbons (Fsp3) is 0.296. The number of halogens is 3. The van der Waals surface area contributed by atoms with Gasteiger partial charge < -0.3 is 20.1 Å². The first-order chi connectivity index (χ1) is 19.1. The molecule has 1 amide bonds. The number of hydrogen-bond donors (Lipinski definition) is 3.